The van der Waals surface area contributed by atoms with Gasteiger partial charge in [0.05, 0.1) is 10.7 Å². The van der Waals surface area contributed by atoms with Gasteiger partial charge in [-0.1, -0.05) is 115 Å². The molecule has 8 aromatic rings. The normalized spacial score (nSPS) is 14.0. The Kier molecular flexibility index (Phi) is 6.42. The maximum absolute atomic E-state index is 5.84. The molecule has 250 valence electrons. The van der Waals surface area contributed by atoms with Crippen molar-refractivity contribution in [3.8, 4) is 0 Å². The molecule has 1 aromatic heterocycles. The second-order valence-corrected chi connectivity index (χ2v) is 15.3. The van der Waals surface area contributed by atoms with Crippen molar-refractivity contribution in [2.24, 2.45) is 0 Å². The van der Waals surface area contributed by atoms with Crippen molar-refractivity contribution in [3.05, 3.63) is 182 Å². The molecule has 4 aliphatic rings. The topological polar surface area (TPSA) is 22.6 Å². The Morgan fingerprint density at radius 2 is 0.815 bits per heavy atom. The van der Waals surface area contributed by atoms with Gasteiger partial charge in [0.25, 0.3) is 13.4 Å². The molecule has 7 heteroatoms. The van der Waals surface area contributed by atoms with Gasteiger partial charge in [0.1, 0.15) is 0 Å². The number of pyridine rings is 1. The maximum atomic E-state index is 5.84. The average Bonchev–Trinajstić information content (AvgIpc) is 3.24. The van der Waals surface area contributed by atoms with E-state index in [2.05, 4.69) is 197 Å². The van der Waals surface area contributed by atoms with Gasteiger partial charge in [0, 0.05) is 56.0 Å². The number of benzene rings is 7. The highest BCUT2D eigenvalue weighted by Gasteiger charge is 2.47. The third kappa shape index (κ3) is 4.16. The first-order chi connectivity index (χ1) is 26.8. The van der Waals surface area contributed by atoms with Crippen molar-refractivity contribution in [2.45, 2.75) is 9.92 Å². The molecule has 12 rings (SSSR count). The van der Waals surface area contributed by atoms with E-state index in [0.29, 0.717) is 0 Å². The quantitative estimate of drug-likeness (QED) is 0.174. The lowest BCUT2D eigenvalue weighted by molar-refractivity contribution is 1.15. The first-order valence-corrected chi connectivity index (χ1v) is 19.4. The third-order valence-electron chi connectivity index (χ3n) is 11.5. The van der Waals surface area contributed by atoms with Crippen LogP contribution in [-0.4, -0.2) is 18.4 Å². The molecule has 0 radical (unpaired) electrons. The van der Waals surface area contributed by atoms with E-state index in [1.165, 1.54) is 66.3 Å². The first-order valence-electron chi connectivity index (χ1n) is 18.6. The molecule has 5 heterocycles. The van der Waals surface area contributed by atoms with Crippen LogP contribution in [0.4, 0.5) is 51.2 Å². The molecule has 0 fully saturated rings. The zero-order valence-electron chi connectivity index (χ0n) is 29.2. The maximum Gasteiger partial charge on any atom is 0.275 e. The summed E-state index contributed by atoms with van der Waals surface area (Å²) in [4.78, 5) is 14.4. The highest BCUT2D eigenvalue weighted by Crippen LogP contribution is 2.45. The summed E-state index contributed by atoms with van der Waals surface area (Å²) in [6, 6.07) is 66.3. The Balaban J connectivity index is 1.13. The molecule has 0 atom stereocenters. The van der Waals surface area contributed by atoms with Crippen LogP contribution in [0.3, 0.4) is 0 Å². The van der Waals surface area contributed by atoms with Crippen molar-refractivity contribution in [2.75, 3.05) is 14.7 Å². The predicted molar refractivity (Wildman–Crippen MR) is 228 cm³/mol. The molecule has 4 aliphatic heterocycles. The van der Waals surface area contributed by atoms with Gasteiger partial charge >= 0.3 is 0 Å². The summed E-state index contributed by atoms with van der Waals surface area (Å²) in [5.41, 5.74) is 18.2. The number of para-hydroxylation sites is 5. The third-order valence-corrected chi connectivity index (χ3v) is 12.6. The largest absolute Gasteiger partial charge is 0.311 e. The minimum atomic E-state index is -0.0341. The molecular formula is C47H30B2N4S. The van der Waals surface area contributed by atoms with E-state index in [0.717, 1.165) is 27.7 Å². The summed E-state index contributed by atoms with van der Waals surface area (Å²) in [7, 11) is 0. The van der Waals surface area contributed by atoms with Crippen molar-refractivity contribution in [3.63, 3.8) is 0 Å². The molecule has 0 saturated carbocycles. The van der Waals surface area contributed by atoms with E-state index in [-0.39, 0.29) is 13.4 Å². The smallest absolute Gasteiger partial charge is 0.275 e. The molecule has 0 N–H and O–H groups in total. The van der Waals surface area contributed by atoms with E-state index in [1.54, 1.807) is 0 Å². The van der Waals surface area contributed by atoms with Gasteiger partial charge in [-0.3, -0.25) is 4.98 Å². The molecule has 0 unspecified atom stereocenters. The number of aromatic nitrogens is 1. The summed E-state index contributed by atoms with van der Waals surface area (Å²) in [6.45, 7) is 0.00662. The second kappa shape index (κ2) is 11.5. The van der Waals surface area contributed by atoms with Gasteiger partial charge in [-0.25, -0.2) is 0 Å². The average molecular weight is 704 g/mol. The highest BCUT2D eigenvalue weighted by molar-refractivity contribution is 8.00. The van der Waals surface area contributed by atoms with Gasteiger partial charge in [-0.05, 0) is 106 Å². The lowest BCUT2D eigenvalue weighted by Crippen LogP contribution is -2.64. The fraction of sp³-hybridized carbons (Fsp3) is 0. The van der Waals surface area contributed by atoms with Crippen molar-refractivity contribution in [1.29, 1.82) is 0 Å². The summed E-state index contributed by atoms with van der Waals surface area (Å²) in [5, 5.41) is 1.09. The molecule has 7 aromatic carbocycles. The van der Waals surface area contributed by atoms with Gasteiger partial charge in [-0.15, -0.1) is 0 Å². The molecular weight excluding hydrogens is 674 g/mol. The molecule has 0 aliphatic carbocycles. The van der Waals surface area contributed by atoms with E-state index in [4.69, 9.17) is 4.98 Å². The zero-order chi connectivity index (χ0) is 35.3. The van der Waals surface area contributed by atoms with Crippen molar-refractivity contribution in [1.82, 2.24) is 4.98 Å². The van der Waals surface area contributed by atoms with Crippen LogP contribution in [0.25, 0.3) is 0 Å². The minimum absolute atomic E-state index is 0.0341. The highest BCUT2D eigenvalue weighted by atomic mass is 32.2. The molecule has 0 spiro atoms. The number of fused-ring (bicyclic) bond motifs is 8. The fourth-order valence-corrected chi connectivity index (χ4v) is 10.5. The van der Waals surface area contributed by atoms with Gasteiger partial charge in [0.2, 0.25) is 0 Å². The lowest BCUT2D eigenvalue weighted by atomic mass is 9.33. The summed E-state index contributed by atoms with van der Waals surface area (Å²) < 4.78 is 0. The van der Waals surface area contributed by atoms with Gasteiger partial charge < -0.3 is 14.7 Å². The molecule has 0 bridgehead atoms. The number of nitrogens with zero attached hydrogens (tertiary/aromatic N) is 4. The Hall–Kier alpha value is -6.43. The molecule has 54 heavy (non-hydrogen) atoms. The van der Waals surface area contributed by atoms with Crippen LogP contribution >= 0.6 is 11.8 Å². The number of hydrogen-bond acceptors (Lipinski definition) is 5. The SMILES string of the molecule is c1ccc(N2c3ccccc3B3c4cc5c(nc4Sc4cccc2c43)B2c3ccccc3N(c3ccccc3)c3cccc(c32)N5c2ccccc2)cc1. The van der Waals surface area contributed by atoms with Crippen molar-refractivity contribution >= 4 is 109 Å². The van der Waals surface area contributed by atoms with Crippen molar-refractivity contribution < 1.29 is 0 Å². The monoisotopic (exact) mass is 704 g/mol. The van der Waals surface area contributed by atoms with Crippen LogP contribution in [0, 0.1) is 0 Å². The Bertz CT molecular complexity index is 2800. The van der Waals surface area contributed by atoms with E-state index in [1.807, 2.05) is 11.8 Å². The molecule has 4 nitrogen and oxygen atoms in total. The predicted octanol–water partition coefficient (Wildman–Crippen LogP) is 7.93. The Morgan fingerprint density at radius 1 is 0.370 bits per heavy atom. The Labute approximate surface area is 319 Å². The van der Waals surface area contributed by atoms with E-state index >= 15 is 0 Å². The summed E-state index contributed by atoms with van der Waals surface area (Å²) >= 11 is 1.82. The van der Waals surface area contributed by atoms with Crippen LogP contribution < -0.4 is 47.6 Å². The van der Waals surface area contributed by atoms with Crippen LogP contribution in [0.1, 0.15) is 0 Å². The fourth-order valence-electron chi connectivity index (χ4n) is 9.38. The number of rotatable bonds is 3. The van der Waals surface area contributed by atoms with E-state index < -0.39 is 0 Å². The summed E-state index contributed by atoms with van der Waals surface area (Å²) in [6.07, 6.45) is 0. The number of hydrogen-bond donors (Lipinski definition) is 0. The Morgan fingerprint density at radius 3 is 1.39 bits per heavy atom. The molecule has 0 saturated heterocycles. The first kappa shape index (κ1) is 30.1. The standard InChI is InChI=1S/C47H30B2N4S/c1-4-16-31(17-5-1)51-38-25-13-11-23-35(38)49-44-39(51)26-14-27-40(44)53(33-20-8-3-9-21-33)42-30-36-47(50-46(42)49)54-43-29-15-28-41-45(43)48(36)34-22-10-12-24-37(34)52(41)32-18-6-2-7-19-32/h1-30H. The summed E-state index contributed by atoms with van der Waals surface area (Å²) in [5.74, 6) is 0. The van der Waals surface area contributed by atoms with Crippen LogP contribution in [0.15, 0.2) is 192 Å². The van der Waals surface area contributed by atoms with Gasteiger partial charge in [0.15, 0.2) is 0 Å². The zero-order valence-corrected chi connectivity index (χ0v) is 30.0. The lowest BCUT2D eigenvalue weighted by Gasteiger charge is -2.44. The van der Waals surface area contributed by atoms with Crippen LogP contribution in [-0.2, 0) is 0 Å². The number of anilines is 9. The van der Waals surface area contributed by atoms with Crippen LogP contribution in [0.2, 0.25) is 0 Å². The van der Waals surface area contributed by atoms with Crippen LogP contribution in [0.5, 0.6) is 0 Å². The van der Waals surface area contributed by atoms with E-state index in [9.17, 15) is 0 Å². The van der Waals surface area contributed by atoms with Gasteiger partial charge in [-0.2, -0.15) is 0 Å². The second-order valence-electron chi connectivity index (χ2n) is 14.3. The molecule has 0 amide bonds. The minimum Gasteiger partial charge on any atom is -0.311 e.